The molecular formula is C11H14N2O3S. The first kappa shape index (κ1) is 13.5. The quantitative estimate of drug-likeness (QED) is 0.812. The Morgan fingerprint density at radius 2 is 2.00 bits per heavy atom. The standard InChI is InChI=1S/C10H10N2O3S.CH4/c11-7-8-1-3-9(4-2-8)12-10-5-6-16(13,14)15-10;/h1-4,10,12H,5-6H2;1H4. The molecule has 1 saturated heterocycles. The summed E-state index contributed by atoms with van der Waals surface area (Å²) in [7, 11) is -3.34. The molecule has 0 saturated carbocycles. The maximum absolute atomic E-state index is 11.0. The summed E-state index contributed by atoms with van der Waals surface area (Å²) in [5.41, 5.74) is 1.30. The van der Waals surface area contributed by atoms with E-state index < -0.39 is 16.3 Å². The maximum Gasteiger partial charge on any atom is 0.269 e. The molecule has 1 atom stereocenters. The van der Waals surface area contributed by atoms with Gasteiger partial charge >= 0.3 is 0 Å². The lowest BCUT2D eigenvalue weighted by Crippen LogP contribution is -2.18. The Morgan fingerprint density at radius 1 is 1.35 bits per heavy atom. The molecule has 2 rings (SSSR count). The summed E-state index contributed by atoms with van der Waals surface area (Å²) >= 11 is 0. The molecule has 1 aromatic rings. The molecule has 1 N–H and O–H groups in total. The van der Waals surface area contributed by atoms with E-state index in [1.54, 1.807) is 24.3 Å². The summed E-state index contributed by atoms with van der Waals surface area (Å²) in [6.07, 6.45) is -0.0690. The number of hydrogen-bond donors (Lipinski definition) is 1. The third kappa shape index (κ3) is 3.44. The zero-order valence-corrected chi connectivity index (χ0v) is 9.20. The van der Waals surface area contributed by atoms with Crippen LogP contribution in [0.1, 0.15) is 19.4 Å². The molecule has 0 aliphatic carbocycles. The van der Waals surface area contributed by atoms with Gasteiger partial charge in [-0.2, -0.15) is 13.7 Å². The fourth-order valence-corrected chi connectivity index (χ4v) is 2.54. The van der Waals surface area contributed by atoms with E-state index in [2.05, 4.69) is 5.32 Å². The fourth-order valence-electron chi connectivity index (χ4n) is 1.45. The van der Waals surface area contributed by atoms with E-state index in [0.717, 1.165) is 5.69 Å². The van der Waals surface area contributed by atoms with Gasteiger partial charge in [0, 0.05) is 12.1 Å². The molecule has 1 unspecified atom stereocenters. The predicted octanol–water partition coefficient (Wildman–Crippen LogP) is 1.68. The molecule has 0 bridgehead atoms. The van der Waals surface area contributed by atoms with Gasteiger partial charge in [-0.25, -0.2) is 4.18 Å². The molecule has 0 aromatic heterocycles. The Morgan fingerprint density at radius 3 is 2.47 bits per heavy atom. The summed E-state index contributed by atoms with van der Waals surface area (Å²) in [4.78, 5) is 0. The summed E-state index contributed by atoms with van der Waals surface area (Å²) in [6, 6.07) is 8.75. The molecule has 0 amide bonds. The van der Waals surface area contributed by atoms with Crippen LogP contribution >= 0.6 is 0 Å². The zero-order valence-electron chi connectivity index (χ0n) is 8.38. The minimum Gasteiger partial charge on any atom is -0.359 e. The fraction of sp³-hybridized carbons (Fsp3) is 0.364. The molecule has 5 nitrogen and oxygen atoms in total. The first-order valence-electron chi connectivity index (χ1n) is 4.77. The van der Waals surface area contributed by atoms with Gasteiger partial charge in [-0.15, -0.1) is 0 Å². The second kappa shape index (κ2) is 5.17. The lowest BCUT2D eigenvalue weighted by atomic mass is 10.2. The van der Waals surface area contributed by atoms with Gasteiger partial charge in [0.15, 0.2) is 0 Å². The molecule has 1 aliphatic heterocycles. The maximum atomic E-state index is 11.0. The van der Waals surface area contributed by atoms with Crippen LogP contribution in [0, 0.1) is 11.3 Å². The Balaban J connectivity index is 0.00000144. The van der Waals surface area contributed by atoms with Crippen molar-refractivity contribution in [2.75, 3.05) is 11.1 Å². The van der Waals surface area contributed by atoms with Crippen LogP contribution in [0.2, 0.25) is 0 Å². The summed E-state index contributed by atoms with van der Waals surface area (Å²) in [6.45, 7) is 0. The number of anilines is 1. The molecule has 92 valence electrons. The van der Waals surface area contributed by atoms with Crippen molar-refractivity contribution in [3.8, 4) is 6.07 Å². The van der Waals surface area contributed by atoms with E-state index in [0.29, 0.717) is 12.0 Å². The molecule has 1 aromatic carbocycles. The number of hydrogen-bond acceptors (Lipinski definition) is 5. The van der Waals surface area contributed by atoms with Crippen molar-refractivity contribution in [2.45, 2.75) is 20.1 Å². The Hall–Kier alpha value is -1.58. The normalized spacial score (nSPS) is 21.2. The van der Waals surface area contributed by atoms with Crippen molar-refractivity contribution in [3.05, 3.63) is 29.8 Å². The smallest absolute Gasteiger partial charge is 0.269 e. The Labute approximate surface area is 101 Å². The molecule has 6 heteroatoms. The third-order valence-electron chi connectivity index (χ3n) is 2.23. The molecule has 17 heavy (non-hydrogen) atoms. The highest BCUT2D eigenvalue weighted by atomic mass is 32.2. The molecule has 1 heterocycles. The average molecular weight is 254 g/mol. The van der Waals surface area contributed by atoms with Gasteiger partial charge in [0.25, 0.3) is 10.1 Å². The molecular weight excluding hydrogens is 240 g/mol. The first-order valence-corrected chi connectivity index (χ1v) is 6.34. The van der Waals surface area contributed by atoms with Crippen LogP contribution in [0.3, 0.4) is 0 Å². The first-order chi connectivity index (χ1) is 7.59. The van der Waals surface area contributed by atoms with E-state index in [1.807, 2.05) is 6.07 Å². The van der Waals surface area contributed by atoms with Crippen LogP contribution in [0.15, 0.2) is 24.3 Å². The highest BCUT2D eigenvalue weighted by Gasteiger charge is 2.28. The van der Waals surface area contributed by atoms with Crippen LogP contribution in [-0.2, 0) is 14.3 Å². The van der Waals surface area contributed by atoms with E-state index >= 15 is 0 Å². The largest absolute Gasteiger partial charge is 0.359 e. The molecule has 0 radical (unpaired) electrons. The van der Waals surface area contributed by atoms with Crippen molar-refractivity contribution >= 4 is 15.8 Å². The van der Waals surface area contributed by atoms with Crippen LogP contribution in [0.5, 0.6) is 0 Å². The molecule has 1 fully saturated rings. The van der Waals surface area contributed by atoms with Crippen molar-refractivity contribution in [1.82, 2.24) is 0 Å². The van der Waals surface area contributed by atoms with Gasteiger partial charge < -0.3 is 5.32 Å². The number of nitriles is 1. The van der Waals surface area contributed by atoms with Crippen LogP contribution < -0.4 is 5.32 Å². The van der Waals surface area contributed by atoms with E-state index in [4.69, 9.17) is 9.44 Å². The monoisotopic (exact) mass is 254 g/mol. The Bertz CT molecular complexity index is 517. The van der Waals surface area contributed by atoms with Gasteiger partial charge in [0.2, 0.25) is 0 Å². The number of nitrogens with one attached hydrogen (secondary N) is 1. The van der Waals surface area contributed by atoms with Crippen molar-refractivity contribution in [2.24, 2.45) is 0 Å². The summed E-state index contributed by atoms with van der Waals surface area (Å²) < 4.78 is 26.9. The topological polar surface area (TPSA) is 79.2 Å². The Kier molecular flexibility index (Phi) is 4.10. The number of nitrogens with zero attached hydrogens (tertiary/aromatic N) is 1. The minimum atomic E-state index is -3.34. The lowest BCUT2D eigenvalue weighted by molar-refractivity contribution is 0.266. The van der Waals surface area contributed by atoms with E-state index in [9.17, 15) is 8.42 Å². The average Bonchev–Trinajstić information content (AvgIpc) is 2.59. The van der Waals surface area contributed by atoms with Gasteiger partial charge in [0.1, 0.15) is 6.23 Å². The predicted molar refractivity (Wildman–Crippen MR) is 64.8 cm³/mol. The van der Waals surface area contributed by atoms with Crippen LogP contribution in [0.25, 0.3) is 0 Å². The van der Waals surface area contributed by atoms with Gasteiger partial charge in [-0.1, -0.05) is 7.43 Å². The number of benzene rings is 1. The van der Waals surface area contributed by atoms with Crippen LogP contribution in [-0.4, -0.2) is 20.4 Å². The summed E-state index contributed by atoms with van der Waals surface area (Å²) in [5.74, 6) is 0.0426. The lowest BCUT2D eigenvalue weighted by Gasteiger charge is -2.11. The van der Waals surface area contributed by atoms with Gasteiger partial charge in [0.05, 0.1) is 17.4 Å². The summed E-state index contributed by atoms with van der Waals surface area (Å²) in [5, 5.41) is 11.5. The number of rotatable bonds is 2. The molecule has 1 aliphatic rings. The highest BCUT2D eigenvalue weighted by Crippen LogP contribution is 2.19. The van der Waals surface area contributed by atoms with Crippen molar-refractivity contribution < 1.29 is 12.6 Å². The van der Waals surface area contributed by atoms with Crippen LogP contribution in [0.4, 0.5) is 5.69 Å². The zero-order chi connectivity index (χ0) is 11.6. The highest BCUT2D eigenvalue weighted by molar-refractivity contribution is 7.86. The van der Waals surface area contributed by atoms with E-state index in [-0.39, 0.29) is 13.2 Å². The second-order valence-electron chi connectivity index (χ2n) is 3.47. The van der Waals surface area contributed by atoms with Crippen molar-refractivity contribution in [1.29, 1.82) is 5.26 Å². The second-order valence-corrected chi connectivity index (χ2v) is 5.18. The minimum absolute atomic E-state index is 0. The van der Waals surface area contributed by atoms with Gasteiger partial charge in [-0.05, 0) is 24.3 Å². The SMILES string of the molecule is C.N#Cc1ccc(NC2CCS(=O)(=O)O2)cc1. The molecule has 0 spiro atoms. The van der Waals surface area contributed by atoms with Gasteiger partial charge in [-0.3, -0.25) is 0 Å². The van der Waals surface area contributed by atoms with Crippen molar-refractivity contribution in [3.63, 3.8) is 0 Å². The third-order valence-corrected chi connectivity index (χ3v) is 3.50. The van der Waals surface area contributed by atoms with E-state index in [1.165, 1.54) is 0 Å².